The van der Waals surface area contributed by atoms with Crippen LogP contribution in [0.25, 0.3) is 0 Å². The van der Waals surface area contributed by atoms with Crippen molar-refractivity contribution in [3.63, 3.8) is 0 Å². The van der Waals surface area contributed by atoms with Gasteiger partial charge in [0.15, 0.2) is 9.84 Å². The molecule has 1 aliphatic rings. The second-order valence-corrected chi connectivity index (χ2v) is 5.44. The summed E-state index contributed by atoms with van der Waals surface area (Å²) in [5, 5.41) is 0. The molecule has 5 heteroatoms. The minimum absolute atomic E-state index is 0.0532. The van der Waals surface area contributed by atoms with Gasteiger partial charge < -0.3 is 4.74 Å². The van der Waals surface area contributed by atoms with E-state index in [0.29, 0.717) is 18.6 Å². The van der Waals surface area contributed by atoms with Crippen molar-refractivity contribution < 1.29 is 17.9 Å². The van der Waals surface area contributed by atoms with E-state index < -0.39 is 9.84 Å². The maximum atomic E-state index is 11.3. The molecule has 0 amide bonds. The van der Waals surface area contributed by atoms with Crippen molar-refractivity contribution in [1.29, 1.82) is 0 Å². The third kappa shape index (κ3) is 3.14. The number of carbonyl (C=O) groups is 1. The highest BCUT2D eigenvalue weighted by atomic mass is 32.2. The second-order valence-electron chi connectivity index (χ2n) is 3.14. The number of hydrogen-bond donors (Lipinski definition) is 0. The number of hydrogen-bond acceptors (Lipinski definition) is 4. The van der Waals surface area contributed by atoms with Crippen LogP contribution in [0.4, 0.5) is 0 Å². The van der Waals surface area contributed by atoms with Gasteiger partial charge in [-0.15, -0.1) is 0 Å². The first-order valence-electron chi connectivity index (χ1n) is 4.62. The summed E-state index contributed by atoms with van der Waals surface area (Å²) in [6.45, 7) is 2.05. The normalized spacial score (nSPS) is 20.8. The SMILES string of the molecule is CCOC(=O)C1=CCCS(=O)(=O)CC1. The molecule has 1 aliphatic heterocycles. The van der Waals surface area contributed by atoms with Crippen LogP contribution in [0.5, 0.6) is 0 Å². The quantitative estimate of drug-likeness (QED) is 0.640. The minimum Gasteiger partial charge on any atom is -0.463 e. The van der Waals surface area contributed by atoms with Crippen molar-refractivity contribution in [2.24, 2.45) is 0 Å². The third-order valence-electron chi connectivity index (χ3n) is 2.04. The zero-order valence-electron chi connectivity index (χ0n) is 8.15. The van der Waals surface area contributed by atoms with Crippen LogP contribution < -0.4 is 0 Å². The molecule has 0 aromatic carbocycles. The number of allylic oxidation sites excluding steroid dienone is 1. The summed E-state index contributed by atoms with van der Waals surface area (Å²) >= 11 is 0. The monoisotopic (exact) mass is 218 g/mol. The summed E-state index contributed by atoms with van der Waals surface area (Å²) in [4.78, 5) is 11.3. The Labute approximate surface area is 83.9 Å². The maximum Gasteiger partial charge on any atom is 0.333 e. The van der Waals surface area contributed by atoms with E-state index in [9.17, 15) is 13.2 Å². The molecular weight excluding hydrogens is 204 g/mol. The Bertz CT molecular complexity index is 340. The van der Waals surface area contributed by atoms with Crippen LogP contribution in [0.3, 0.4) is 0 Å². The van der Waals surface area contributed by atoms with Crippen LogP contribution in [-0.4, -0.2) is 32.5 Å². The van der Waals surface area contributed by atoms with E-state index in [1.807, 2.05) is 0 Å². The van der Waals surface area contributed by atoms with Gasteiger partial charge in [-0.1, -0.05) is 6.08 Å². The van der Waals surface area contributed by atoms with E-state index in [-0.39, 0.29) is 23.9 Å². The molecule has 1 rings (SSSR count). The van der Waals surface area contributed by atoms with E-state index in [1.165, 1.54) is 0 Å². The number of sulfone groups is 1. The van der Waals surface area contributed by atoms with E-state index >= 15 is 0 Å². The molecule has 0 unspecified atom stereocenters. The fourth-order valence-corrected chi connectivity index (χ4v) is 2.50. The van der Waals surface area contributed by atoms with Gasteiger partial charge in [0, 0.05) is 5.57 Å². The van der Waals surface area contributed by atoms with Gasteiger partial charge in [0.2, 0.25) is 0 Å². The van der Waals surface area contributed by atoms with Gasteiger partial charge in [-0.2, -0.15) is 0 Å². The molecule has 0 radical (unpaired) electrons. The highest BCUT2D eigenvalue weighted by molar-refractivity contribution is 7.91. The van der Waals surface area contributed by atoms with Crippen molar-refractivity contribution in [1.82, 2.24) is 0 Å². The molecule has 80 valence electrons. The van der Waals surface area contributed by atoms with Gasteiger partial charge in [0.05, 0.1) is 18.1 Å². The number of rotatable bonds is 2. The number of ether oxygens (including phenoxy) is 1. The van der Waals surface area contributed by atoms with Crippen LogP contribution in [0.15, 0.2) is 11.6 Å². The Balaban J connectivity index is 2.65. The van der Waals surface area contributed by atoms with Gasteiger partial charge in [-0.3, -0.25) is 0 Å². The molecule has 4 nitrogen and oxygen atoms in total. The van der Waals surface area contributed by atoms with Crippen LogP contribution in [0.2, 0.25) is 0 Å². The lowest BCUT2D eigenvalue weighted by Gasteiger charge is -2.03. The van der Waals surface area contributed by atoms with Crippen molar-refractivity contribution >= 4 is 15.8 Å². The van der Waals surface area contributed by atoms with Gasteiger partial charge in [-0.25, -0.2) is 13.2 Å². The Kier molecular flexibility index (Phi) is 3.69. The lowest BCUT2D eigenvalue weighted by Crippen LogP contribution is -2.11. The van der Waals surface area contributed by atoms with E-state index in [0.717, 1.165) is 0 Å². The van der Waals surface area contributed by atoms with Crippen LogP contribution >= 0.6 is 0 Å². The molecule has 0 aromatic rings. The van der Waals surface area contributed by atoms with Gasteiger partial charge in [0.25, 0.3) is 0 Å². The number of esters is 1. The average molecular weight is 218 g/mol. The van der Waals surface area contributed by atoms with Crippen LogP contribution in [0, 0.1) is 0 Å². The average Bonchev–Trinajstić information content (AvgIpc) is 2.27. The van der Waals surface area contributed by atoms with Crippen molar-refractivity contribution in [3.8, 4) is 0 Å². The smallest absolute Gasteiger partial charge is 0.333 e. The largest absolute Gasteiger partial charge is 0.463 e. The summed E-state index contributed by atoms with van der Waals surface area (Å²) in [5.74, 6) is -0.197. The standard InChI is InChI=1S/C9H14O4S/c1-2-13-9(10)8-4-3-6-14(11,12)7-5-8/h4H,2-3,5-7H2,1H3. The van der Waals surface area contributed by atoms with Crippen molar-refractivity contribution in [3.05, 3.63) is 11.6 Å². The molecule has 0 fully saturated rings. The molecule has 0 saturated carbocycles. The van der Waals surface area contributed by atoms with Crippen LogP contribution in [-0.2, 0) is 19.4 Å². The van der Waals surface area contributed by atoms with Gasteiger partial charge in [-0.05, 0) is 19.8 Å². The molecular formula is C9H14O4S. The fraction of sp³-hybridized carbons (Fsp3) is 0.667. The second kappa shape index (κ2) is 4.59. The van der Waals surface area contributed by atoms with Gasteiger partial charge in [0.1, 0.15) is 0 Å². The molecule has 0 bridgehead atoms. The molecule has 1 heterocycles. The minimum atomic E-state index is -2.96. The maximum absolute atomic E-state index is 11.3. The van der Waals surface area contributed by atoms with Gasteiger partial charge >= 0.3 is 5.97 Å². The molecule has 0 aliphatic carbocycles. The first-order chi connectivity index (χ1) is 6.55. The Morgan fingerprint density at radius 1 is 1.50 bits per heavy atom. The topological polar surface area (TPSA) is 60.4 Å². The summed E-state index contributed by atoms with van der Waals surface area (Å²) in [6, 6.07) is 0. The zero-order chi connectivity index (χ0) is 10.6. The Hall–Kier alpha value is -0.840. The van der Waals surface area contributed by atoms with Crippen molar-refractivity contribution in [2.75, 3.05) is 18.1 Å². The molecule has 0 N–H and O–H groups in total. The molecule has 0 spiro atoms. The summed E-state index contributed by atoms with van der Waals surface area (Å²) < 4.78 is 27.2. The predicted octanol–water partition coefficient (Wildman–Crippen LogP) is 0.685. The van der Waals surface area contributed by atoms with E-state index in [1.54, 1.807) is 13.0 Å². The van der Waals surface area contributed by atoms with Crippen molar-refractivity contribution in [2.45, 2.75) is 19.8 Å². The fourth-order valence-electron chi connectivity index (χ4n) is 1.29. The van der Waals surface area contributed by atoms with E-state index in [4.69, 9.17) is 4.74 Å². The third-order valence-corrected chi connectivity index (χ3v) is 3.72. The lowest BCUT2D eigenvalue weighted by molar-refractivity contribution is -0.138. The molecule has 0 atom stereocenters. The van der Waals surface area contributed by atoms with E-state index in [2.05, 4.69) is 0 Å². The number of carbonyl (C=O) groups excluding carboxylic acids is 1. The molecule has 14 heavy (non-hydrogen) atoms. The highest BCUT2D eigenvalue weighted by Gasteiger charge is 2.19. The summed E-state index contributed by atoms with van der Waals surface area (Å²) in [5.41, 5.74) is 0.493. The first-order valence-corrected chi connectivity index (χ1v) is 6.44. The molecule has 0 saturated heterocycles. The van der Waals surface area contributed by atoms with Crippen LogP contribution in [0.1, 0.15) is 19.8 Å². The first kappa shape index (κ1) is 11.2. The summed E-state index contributed by atoms with van der Waals surface area (Å²) in [6.07, 6.45) is 2.36. The molecule has 0 aromatic heterocycles. The Morgan fingerprint density at radius 2 is 2.21 bits per heavy atom. The highest BCUT2D eigenvalue weighted by Crippen LogP contribution is 2.13. The predicted molar refractivity (Wildman–Crippen MR) is 52.6 cm³/mol. The zero-order valence-corrected chi connectivity index (χ0v) is 8.97. The lowest BCUT2D eigenvalue weighted by atomic mass is 10.2. The summed E-state index contributed by atoms with van der Waals surface area (Å²) in [7, 11) is -2.96. The Morgan fingerprint density at radius 3 is 2.86 bits per heavy atom.